The molecule has 0 amide bonds. The fraction of sp³-hybridized carbons (Fsp3) is 1.00. The molecule has 1 aliphatic heterocycles. The molecule has 1 fully saturated rings. The molecule has 0 saturated carbocycles. The standard InChI is InChI=1S/C9H20N2/c1-5-11-7-9(2,3)6-10(4)8-11/h5-8H2,1-4H3. The summed E-state index contributed by atoms with van der Waals surface area (Å²) in [4.78, 5) is 4.89. The molecule has 1 saturated heterocycles. The van der Waals surface area contributed by atoms with Gasteiger partial charge in [0.05, 0.1) is 6.67 Å². The first-order chi connectivity index (χ1) is 5.03. The van der Waals surface area contributed by atoms with E-state index < -0.39 is 0 Å². The molecule has 0 bridgehead atoms. The van der Waals surface area contributed by atoms with Crippen molar-refractivity contribution in [3.05, 3.63) is 0 Å². The van der Waals surface area contributed by atoms with Gasteiger partial charge in [-0.3, -0.25) is 9.80 Å². The van der Waals surface area contributed by atoms with Gasteiger partial charge in [0.25, 0.3) is 0 Å². The predicted molar refractivity (Wildman–Crippen MR) is 48.5 cm³/mol. The lowest BCUT2D eigenvalue weighted by atomic mass is 9.90. The van der Waals surface area contributed by atoms with Gasteiger partial charge in [-0.25, -0.2) is 0 Å². The third kappa shape index (κ3) is 2.46. The van der Waals surface area contributed by atoms with Gasteiger partial charge in [-0.15, -0.1) is 0 Å². The van der Waals surface area contributed by atoms with Gasteiger partial charge in [0.1, 0.15) is 0 Å². The fourth-order valence-corrected chi connectivity index (χ4v) is 2.04. The summed E-state index contributed by atoms with van der Waals surface area (Å²) in [5, 5.41) is 0. The van der Waals surface area contributed by atoms with Gasteiger partial charge in [-0.05, 0) is 19.0 Å². The summed E-state index contributed by atoms with van der Waals surface area (Å²) in [6.07, 6.45) is 0. The summed E-state index contributed by atoms with van der Waals surface area (Å²) < 4.78 is 0. The van der Waals surface area contributed by atoms with E-state index in [4.69, 9.17) is 0 Å². The highest BCUT2D eigenvalue weighted by Gasteiger charge is 2.28. The quantitative estimate of drug-likeness (QED) is 0.563. The molecule has 0 radical (unpaired) electrons. The third-order valence-corrected chi connectivity index (χ3v) is 2.24. The molecular weight excluding hydrogens is 136 g/mol. The van der Waals surface area contributed by atoms with Crippen LogP contribution >= 0.6 is 0 Å². The summed E-state index contributed by atoms with van der Waals surface area (Å²) in [5.74, 6) is 0. The number of nitrogens with zero attached hydrogens (tertiary/aromatic N) is 2. The Kier molecular flexibility index (Phi) is 2.55. The van der Waals surface area contributed by atoms with Crippen LogP contribution in [0.2, 0.25) is 0 Å². The van der Waals surface area contributed by atoms with Crippen LogP contribution in [0.5, 0.6) is 0 Å². The number of hydrogen-bond donors (Lipinski definition) is 0. The SMILES string of the molecule is CCN1CN(C)CC(C)(C)C1. The summed E-state index contributed by atoms with van der Waals surface area (Å²) in [6, 6.07) is 0. The minimum absolute atomic E-state index is 0.475. The normalized spacial score (nSPS) is 27.3. The van der Waals surface area contributed by atoms with Gasteiger partial charge in [-0.2, -0.15) is 0 Å². The van der Waals surface area contributed by atoms with E-state index in [-0.39, 0.29) is 0 Å². The van der Waals surface area contributed by atoms with Crippen LogP contribution in [0, 0.1) is 5.41 Å². The number of rotatable bonds is 1. The Hall–Kier alpha value is -0.0800. The third-order valence-electron chi connectivity index (χ3n) is 2.24. The van der Waals surface area contributed by atoms with Crippen molar-refractivity contribution < 1.29 is 0 Å². The minimum Gasteiger partial charge on any atom is -0.293 e. The van der Waals surface area contributed by atoms with Gasteiger partial charge < -0.3 is 0 Å². The first-order valence-corrected chi connectivity index (χ1v) is 4.44. The highest BCUT2D eigenvalue weighted by atomic mass is 15.3. The fourth-order valence-electron chi connectivity index (χ4n) is 2.04. The van der Waals surface area contributed by atoms with Gasteiger partial charge in [0.15, 0.2) is 0 Å². The maximum absolute atomic E-state index is 2.49. The molecule has 1 aliphatic rings. The first-order valence-electron chi connectivity index (χ1n) is 4.44. The van der Waals surface area contributed by atoms with Crippen LogP contribution in [0.3, 0.4) is 0 Å². The van der Waals surface area contributed by atoms with Crippen molar-refractivity contribution in [3.8, 4) is 0 Å². The van der Waals surface area contributed by atoms with Gasteiger partial charge in [-0.1, -0.05) is 20.8 Å². The summed E-state index contributed by atoms with van der Waals surface area (Å²) in [5.41, 5.74) is 0.475. The van der Waals surface area contributed by atoms with E-state index in [1.54, 1.807) is 0 Å². The van der Waals surface area contributed by atoms with E-state index in [0.29, 0.717) is 5.41 Å². The summed E-state index contributed by atoms with van der Waals surface area (Å²) in [7, 11) is 2.20. The second-order valence-electron chi connectivity index (χ2n) is 4.46. The van der Waals surface area contributed by atoms with E-state index in [0.717, 1.165) is 6.67 Å². The van der Waals surface area contributed by atoms with Crippen molar-refractivity contribution in [1.82, 2.24) is 9.80 Å². The van der Waals surface area contributed by atoms with Crippen molar-refractivity contribution in [2.24, 2.45) is 5.41 Å². The van der Waals surface area contributed by atoms with E-state index in [9.17, 15) is 0 Å². The van der Waals surface area contributed by atoms with E-state index in [1.165, 1.54) is 19.6 Å². The minimum atomic E-state index is 0.475. The lowest BCUT2D eigenvalue weighted by Crippen LogP contribution is -2.51. The van der Waals surface area contributed by atoms with Crippen molar-refractivity contribution in [2.75, 3.05) is 33.4 Å². The predicted octanol–water partition coefficient (Wildman–Crippen LogP) is 1.24. The Bertz CT molecular complexity index is 132. The van der Waals surface area contributed by atoms with Crippen molar-refractivity contribution in [3.63, 3.8) is 0 Å². The zero-order valence-electron chi connectivity index (χ0n) is 8.22. The highest BCUT2D eigenvalue weighted by Crippen LogP contribution is 2.22. The molecule has 0 aliphatic carbocycles. The highest BCUT2D eigenvalue weighted by molar-refractivity contribution is 4.80. The topological polar surface area (TPSA) is 6.48 Å². The van der Waals surface area contributed by atoms with E-state index in [2.05, 4.69) is 37.6 Å². The molecule has 0 N–H and O–H groups in total. The first kappa shape index (κ1) is 9.01. The molecule has 0 unspecified atom stereocenters. The van der Waals surface area contributed by atoms with E-state index in [1.807, 2.05) is 0 Å². The largest absolute Gasteiger partial charge is 0.293 e. The van der Waals surface area contributed by atoms with Crippen molar-refractivity contribution in [1.29, 1.82) is 0 Å². The Morgan fingerprint density at radius 3 is 2.36 bits per heavy atom. The molecular formula is C9H20N2. The van der Waals surface area contributed by atoms with E-state index >= 15 is 0 Å². The second-order valence-corrected chi connectivity index (χ2v) is 4.46. The molecule has 1 heterocycles. The lowest BCUT2D eigenvalue weighted by Gasteiger charge is -2.42. The van der Waals surface area contributed by atoms with Crippen LogP contribution in [-0.4, -0.2) is 43.2 Å². The summed E-state index contributed by atoms with van der Waals surface area (Å²) >= 11 is 0. The molecule has 66 valence electrons. The molecule has 2 heteroatoms. The van der Waals surface area contributed by atoms with Gasteiger partial charge in [0.2, 0.25) is 0 Å². The maximum atomic E-state index is 2.49. The van der Waals surface area contributed by atoms with Gasteiger partial charge >= 0.3 is 0 Å². The van der Waals surface area contributed by atoms with Crippen LogP contribution in [0.1, 0.15) is 20.8 Å². The zero-order chi connectivity index (χ0) is 8.48. The average molecular weight is 156 g/mol. The monoisotopic (exact) mass is 156 g/mol. The Morgan fingerprint density at radius 1 is 1.27 bits per heavy atom. The van der Waals surface area contributed by atoms with Crippen molar-refractivity contribution >= 4 is 0 Å². The van der Waals surface area contributed by atoms with Gasteiger partial charge in [0, 0.05) is 13.1 Å². The number of hydrogen-bond acceptors (Lipinski definition) is 2. The molecule has 0 aromatic heterocycles. The van der Waals surface area contributed by atoms with Crippen LogP contribution < -0.4 is 0 Å². The zero-order valence-corrected chi connectivity index (χ0v) is 8.22. The molecule has 0 spiro atoms. The second kappa shape index (κ2) is 3.11. The molecule has 0 aromatic carbocycles. The Balaban J connectivity index is 2.51. The average Bonchev–Trinajstić information content (AvgIpc) is 1.83. The van der Waals surface area contributed by atoms with Crippen LogP contribution in [0.4, 0.5) is 0 Å². The van der Waals surface area contributed by atoms with Crippen LogP contribution in [0.15, 0.2) is 0 Å². The Labute approximate surface area is 70.2 Å². The summed E-state index contributed by atoms with van der Waals surface area (Å²) in [6.45, 7) is 11.7. The maximum Gasteiger partial charge on any atom is 0.0503 e. The molecule has 0 atom stereocenters. The molecule has 0 aromatic rings. The molecule has 2 nitrogen and oxygen atoms in total. The Morgan fingerprint density at radius 2 is 1.91 bits per heavy atom. The smallest absolute Gasteiger partial charge is 0.0503 e. The van der Waals surface area contributed by atoms with Crippen molar-refractivity contribution in [2.45, 2.75) is 20.8 Å². The lowest BCUT2D eigenvalue weighted by molar-refractivity contribution is 0.0285. The van der Waals surface area contributed by atoms with Crippen LogP contribution in [0.25, 0.3) is 0 Å². The van der Waals surface area contributed by atoms with Crippen LogP contribution in [-0.2, 0) is 0 Å². The molecule has 1 rings (SSSR count). The molecule has 11 heavy (non-hydrogen) atoms.